The number of carbonyl (C=O) groups excluding carboxylic acids is 1. The SMILES string of the molecule is COc1cc2c(cc1CNC(=O)c1ccc(OC)c(Cn3cccn3)c1)CCC2. The molecule has 29 heavy (non-hydrogen) atoms. The molecule has 6 nitrogen and oxygen atoms in total. The molecule has 0 atom stereocenters. The lowest BCUT2D eigenvalue weighted by molar-refractivity contribution is 0.0950. The van der Waals surface area contributed by atoms with E-state index in [0.29, 0.717) is 18.7 Å². The van der Waals surface area contributed by atoms with Crippen LogP contribution in [0.5, 0.6) is 11.5 Å². The molecule has 1 aromatic heterocycles. The second-order valence-corrected chi connectivity index (χ2v) is 7.20. The minimum atomic E-state index is -0.128. The van der Waals surface area contributed by atoms with Crippen LogP contribution >= 0.6 is 0 Å². The van der Waals surface area contributed by atoms with Crippen molar-refractivity contribution in [2.45, 2.75) is 32.4 Å². The molecule has 0 unspecified atom stereocenters. The van der Waals surface area contributed by atoms with Crippen LogP contribution in [0.4, 0.5) is 0 Å². The monoisotopic (exact) mass is 391 g/mol. The summed E-state index contributed by atoms with van der Waals surface area (Å²) in [6.45, 7) is 0.964. The van der Waals surface area contributed by atoms with E-state index in [-0.39, 0.29) is 5.91 Å². The molecule has 0 bridgehead atoms. The topological polar surface area (TPSA) is 65.4 Å². The molecule has 0 saturated carbocycles. The minimum absolute atomic E-state index is 0.128. The fraction of sp³-hybridized carbons (Fsp3) is 0.304. The highest BCUT2D eigenvalue weighted by atomic mass is 16.5. The zero-order valence-electron chi connectivity index (χ0n) is 16.8. The third-order valence-corrected chi connectivity index (χ3v) is 5.37. The maximum atomic E-state index is 12.8. The van der Waals surface area contributed by atoms with Crippen LogP contribution in [0.25, 0.3) is 0 Å². The van der Waals surface area contributed by atoms with Crippen molar-refractivity contribution in [3.63, 3.8) is 0 Å². The van der Waals surface area contributed by atoms with Gasteiger partial charge in [0.25, 0.3) is 5.91 Å². The number of amides is 1. The molecular formula is C23H25N3O3. The van der Waals surface area contributed by atoms with Crippen LogP contribution in [0.15, 0.2) is 48.8 Å². The summed E-state index contributed by atoms with van der Waals surface area (Å²) in [6, 6.07) is 11.6. The number of hydrogen-bond acceptors (Lipinski definition) is 4. The average molecular weight is 391 g/mol. The summed E-state index contributed by atoms with van der Waals surface area (Å²) in [6.07, 6.45) is 6.98. The van der Waals surface area contributed by atoms with Gasteiger partial charge in [-0.1, -0.05) is 6.07 Å². The van der Waals surface area contributed by atoms with Gasteiger partial charge < -0.3 is 14.8 Å². The molecule has 1 aliphatic carbocycles. The molecule has 1 amide bonds. The van der Waals surface area contributed by atoms with Crippen molar-refractivity contribution < 1.29 is 14.3 Å². The lowest BCUT2D eigenvalue weighted by Gasteiger charge is -2.14. The Morgan fingerprint density at radius 2 is 1.86 bits per heavy atom. The van der Waals surface area contributed by atoms with Gasteiger partial charge in [0.2, 0.25) is 0 Å². The van der Waals surface area contributed by atoms with E-state index in [4.69, 9.17) is 9.47 Å². The van der Waals surface area contributed by atoms with Gasteiger partial charge in [-0.2, -0.15) is 5.10 Å². The van der Waals surface area contributed by atoms with Crippen LogP contribution < -0.4 is 14.8 Å². The summed E-state index contributed by atoms with van der Waals surface area (Å²) in [5.74, 6) is 1.44. The molecule has 1 N–H and O–H groups in total. The van der Waals surface area contributed by atoms with E-state index in [0.717, 1.165) is 35.5 Å². The third kappa shape index (κ3) is 4.11. The van der Waals surface area contributed by atoms with Crippen LogP contribution in [-0.4, -0.2) is 29.9 Å². The Balaban J connectivity index is 1.50. The number of aromatic nitrogens is 2. The summed E-state index contributed by atoms with van der Waals surface area (Å²) in [4.78, 5) is 12.8. The molecule has 0 saturated heterocycles. The lowest BCUT2D eigenvalue weighted by atomic mass is 10.0. The molecule has 0 aliphatic heterocycles. The van der Waals surface area contributed by atoms with Gasteiger partial charge >= 0.3 is 0 Å². The van der Waals surface area contributed by atoms with E-state index in [1.54, 1.807) is 31.2 Å². The van der Waals surface area contributed by atoms with Crippen molar-refractivity contribution in [2.75, 3.05) is 14.2 Å². The first-order valence-electron chi connectivity index (χ1n) is 9.79. The van der Waals surface area contributed by atoms with E-state index in [2.05, 4.69) is 22.5 Å². The van der Waals surface area contributed by atoms with Crippen LogP contribution in [0, 0.1) is 0 Å². The predicted molar refractivity (Wildman–Crippen MR) is 111 cm³/mol. The first kappa shape index (κ1) is 19.1. The van der Waals surface area contributed by atoms with E-state index in [9.17, 15) is 4.79 Å². The Morgan fingerprint density at radius 3 is 2.59 bits per heavy atom. The molecule has 0 spiro atoms. The molecule has 3 aromatic rings. The van der Waals surface area contributed by atoms with Crippen molar-refractivity contribution in [1.82, 2.24) is 15.1 Å². The van der Waals surface area contributed by atoms with Crippen molar-refractivity contribution in [2.24, 2.45) is 0 Å². The smallest absolute Gasteiger partial charge is 0.251 e. The molecule has 2 aromatic carbocycles. The van der Waals surface area contributed by atoms with Gasteiger partial charge in [-0.25, -0.2) is 0 Å². The number of ether oxygens (including phenoxy) is 2. The molecule has 0 radical (unpaired) electrons. The quantitative estimate of drug-likeness (QED) is 0.671. The maximum Gasteiger partial charge on any atom is 0.251 e. The van der Waals surface area contributed by atoms with Crippen molar-refractivity contribution in [3.05, 3.63) is 76.6 Å². The van der Waals surface area contributed by atoms with Gasteiger partial charge in [-0.3, -0.25) is 9.48 Å². The number of nitrogens with one attached hydrogen (secondary N) is 1. The highest BCUT2D eigenvalue weighted by molar-refractivity contribution is 5.94. The fourth-order valence-corrected chi connectivity index (χ4v) is 3.87. The second kappa shape index (κ2) is 8.39. The summed E-state index contributed by atoms with van der Waals surface area (Å²) < 4.78 is 12.8. The van der Waals surface area contributed by atoms with Crippen molar-refractivity contribution in [3.8, 4) is 11.5 Å². The van der Waals surface area contributed by atoms with E-state index >= 15 is 0 Å². The Hall–Kier alpha value is -3.28. The maximum absolute atomic E-state index is 12.8. The molecule has 4 rings (SSSR count). The first-order chi connectivity index (χ1) is 14.2. The van der Waals surface area contributed by atoms with Gasteiger partial charge in [0.1, 0.15) is 11.5 Å². The number of aryl methyl sites for hydroxylation is 2. The van der Waals surface area contributed by atoms with Gasteiger partial charge in [-0.15, -0.1) is 0 Å². The molecule has 150 valence electrons. The second-order valence-electron chi connectivity index (χ2n) is 7.20. The van der Waals surface area contributed by atoms with Gasteiger partial charge in [0.05, 0.1) is 20.8 Å². The number of fused-ring (bicyclic) bond motifs is 1. The zero-order valence-corrected chi connectivity index (χ0v) is 16.8. The third-order valence-electron chi connectivity index (χ3n) is 5.37. The van der Waals surface area contributed by atoms with E-state index in [1.165, 1.54) is 17.5 Å². The number of carbonyl (C=O) groups is 1. The number of hydrogen-bond donors (Lipinski definition) is 1. The number of methoxy groups -OCH3 is 2. The normalized spacial score (nSPS) is 12.5. The highest BCUT2D eigenvalue weighted by Gasteiger charge is 2.16. The van der Waals surface area contributed by atoms with Crippen LogP contribution in [0.2, 0.25) is 0 Å². The predicted octanol–water partition coefficient (Wildman–Crippen LogP) is 3.37. The van der Waals surface area contributed by atoms with Crippen LogP contribution in [0.3, 0.4) is 0 Å². The molecule has 6 heteroatoms. The Kier molecular flexibility index (Phi) is 5.51. The average Bonchev–Trinajstić information content (AvgIpc) is 3.42. The Bertz CT molecular complexity index is 1010. The molecule has 0 fully saturated rings. The largest absolute Gasteiger partial charge is 0.496 e. The first-order valence-corrected chi connectivity index (χ1v) is 9.79. The number of rotatable bonds is 7. The van der Waals surface area contributed by atoms with Crippen LogP contribution in [0.1, 0.15) is 39.0 Å². The highest BCUT2D eigenvalue weighted by Crippen LogP contribution is 2.30. The van der Waals surface area contributed by atoms with Crippen molar-refractivity contribution >= 4 is 5.91 Å². The van der Waals surface area contributed by atoms with Crippen molar-refractivity contribution in [1.29, 1.82) is 0 Å². The Labute approximate surface area is 170 Å². The number of benzene rings is 2. The summed E-state index contributed by atoms with van der Waals surface area (Å²) in [7, 11) is 3.30. The molecule has 1 aliphatic rings. The summed E-state index contributed by atoms with van der Waals surface area (Å²) in [5.41, 5.74) is 5.22. The van der Waals surface area contributed by atoms with Gasteiger partial charge in [0, 0.05) is 35.6 Å². The fourth-order valence-electron chi connectivity index (χ4n) is 3.87. The van der Waals surface area contributed by atoms with Gasteiger partial charge in [-0.05, 0) is 60.7 Å². The zero-order chi connectivity index (χ0) is 20.2. The minimum Gasteiger partial charge on any atom is -0.496 e. The molecular weight excluding hydrogens is 366 g/mol. The summed E-state index contributed by atoms with van der Waals surface area (Å²) >= 11 is 0. The molecule has 1 heterocycles. The number of nitrogens with zero attached hydrogens (tertiary/aromatic N) is 2. The summed E-state index contributed by atoms with van der Waals surface area (Å²) in [5, 5.41) is 7.25. The Morgan fingerprint density at radius 1 is 1.07 bits per heavy atom. The van der Waals surface area contributed by atoms with Gasteiger partial charge in [0.15, 0.2) is 0 Å². The van der Waals surface area contributed by atoms with E-state index in [1.807, 2.05) is 24.4 Å². The van der Waals surface area contributed by atoms with E-state index < -0.39 is 0 Å². The van der Waals surface area contributed by atoms with Crippen LogP contribution in [-0.2, 0) is 25.9 Å². The standard InChI is InChI=1S/C23H25N3O3/c1-28-21-8-7-18(12-20(21)15-26-10-4-9-25-26)23(27)24-14-19-11-16-5-3-6-17(16)13-22(19)29-2/h4,7-13H,3,5-6,14-15H2,1-2H3,(H,24,27). The lowest BCUT2D eigenvalue weighted by Crippen LogP contribution is -2.23.